The van der Waals surface area contributed by atoms with Crippen LogP contribution in [0.2, 0.25) is 0 Å². The number of hydrazone groups is 1. The van der Waals surface area contributed by atoms with Crippen molar-refractivity contribution in [1.82, 2.24) is 5.01 Å². The minimum atomic E-state index is -0.952. The maximum absolute atomic E-state index is 12.3. The van der Waals surface area contributed by atoms with Crippen molar-refractivity contribution in [3.63, 3.8) is 0 Å². The van der Waals surface area contributed by atoms with Crippen LogP contribution < -0.4 is 5.32 Å². The zero-order valence-electron chi connectivity index (χ0n) is 16.2. The molecule has 7 nitrogen and oxygen atoms in total. The molecule has 2 amide bonds. The van der Waals surface area contributed by atoms with Crippen LogP contribution in [0, 0.1) is 0 Å². The maximum Gasteiger partial charge on any atom is 0.307 e. The topological polar surface area (TPSA) is 88.1 Å². The number of esters is 1. The van der Waals surface area contributed by atoms with Gasteiger partial charge in [-0.05, 0) is 24.6 Å². The lowest BCUT2D eigenvalue weighted by Crippen LogP contribution is -2.30. The summed E-state index contributed by atoms with van der Waals surface area (Å²) in [6.07, 6.45) is -0.393. The number of nitrogens with zero attached hydrogens (tertiary/aromatic N) is 2. The molecule has 1 heterocycles. The van der Waals surface area contributed by atoms with Gasteiger partial charge >= 0.3 is 5.97 Å². The van der Waals surface area contributed by atoms with Gasteiger partial charge in [-0.1, -0.05) is 48.5 Å². The molecule has 150 valence electrons. The molecule has 29 heavy (non-hydrogen) atoms. The fourth-order valence-electron chi connectivity index (χ4n) is 2.88. The third-order valence-corrected chi connectivity index (χ3v) is 4.46. The highest BCUT2D eigenvalue weighted by Crippen LogP contribution is 2.15. The number of hydrogen-bond acceptors (Lipinski definition) is 5. The van der Waals surface area contributed by atoms with Gasteiger partial charge in [0.05, 0.1) is 18.7 Å². The second-order valence-electron chi connectivity index (χ2n) is 6.67. The molecule has 1 aliphatic heterocycles. The first kappa shape index (κ1) is 20.3. The molecule has 0 unspecified atom stereocenters. The first-order chi connectivity index (χ1) is 14.0. The van der Waals surface area contributed by atoms with Gasteiger partial charge in [0.1, 0.15) is 0 Å². The second kappa shape index (κ2) is 9.64. The number of amides is 2. The van der Waals surface area contributed by atoms with Gasteiger partial charge in [-0.25, -0.2) is 5.01 Å². The smallest absolute Gasteiger partial charge is 0.307 e. The average molecular weight is 393 g/mol. The van der Waals surface area contributed by atoms with Gasteiger partial charge in [0, 0.05) is 18.5 Å². The predicted octanol–water partition coefficient (Wildman–Crippen LogP) is 2.97. The zero-order chi connectivity index (χ0) is 20.6. The van der Waals surface area contributed by atoms with Crippen LogP contribution in [0.5, 0.6) is 0 Å². The highest BCUT2D eigenvalue weighted by Gasteiger charge is 2.23. The normalized spacial score (nSPS) is 14.1. The van der Waals surface area contributed by atoms with Crippen LogP contribution in [0.15, 0.2) is 65.8 Å². The minimum absolute atomic E-state index is 0.0164. The summed E-state index contributed by atoms with van der Waals surface area (Å²) >= 11 is 0. The molecule has 0 radical (unpaired) electrons. The average Bonchev–Trinajstić information content (AvgIpc) is 3.24. The third kappa shape index (κ3) is 5.75. The zero-order valence-corrected chi connectivity index (χ0v) is 16.2. The van der Waals surface area contributed by atoms with Crippen molar-refractivity contribution in [2.24, 2.45) is 5.10 Å². The Hall–Kier alpha value is -3.48. The van der Waals surface area contributed by atoms with Crippen LogP contribution in [0.25, 0.3) is 0 Å². The largest absolute Gasteiger partial charge is 0.453 e. The summed E-state index contributed by atoms with van der Waals surface area (Å²) in [7, 11) is 0. The van der Waals surface area contributed by atoms with Crippen molar-refractivity contribution >= 4 is 29.2 Å². The fraction of sp³-hybridized carbons (Fsp3) is 0.273. The first-order valence-electron chi connectivity index (χ1n) is 9.51. The monoisotopic (exact) mass is 393 g/mol. The van der Waals surface area contributed by atoms with Crippen LogP contribution in [0.1, 0.15) is 31.7 Å². The van der Waals surface area contributed by atoms with E-state index in [0.717, 1.165) is 11.3 Å². The number of carbonyl (C=O) groups is 3. The number of para-hydroxylation sites is 1. The third-order valence-electron chi connectivity index (χ3n) is 4.46. The Balaban J connectivity index is 1.43. The molecule has 1 atom stereocenters. The van der Waals surface area contributed by atoms with E-state index in [9.17, 15) is 14.4 Å². The molecular formula is C22H23N3O4. The summed E-state index contributed by atoms with van der Waals surface area (Å²) in [6, 6.07) is 18.6. The quantitative estimate of drug-likeness (QED) is 0.733. The highest BCUT2D eigenvalue weighted by atomic mass is 16.5. The molecule has 0 aliphatic carbocycles. The van der Waals surface area contributed by atoms with Crippen LogP contribution in [-0.2, 0) is 19.1 Å². The SMILES string of the molecule is C[C@@H](OC(=O)CCC(=O)N1CCC(c2ccccc2)=N1)C(=O)Nc1ccccc1. The van der Waals surface area contributed by atoms with E-state index in [4.69, 9.17) is 4.74 Å². The van der Waals surface area contributed by atoms with E-state index in [1.54, 1.807) is 24.3 Å². The van der Waals surface area contributed by atoms with E-state index in [1.807, 2.05) is 36.4 Å². The molecule has 0 spiro atoms. The van der Waals surface area contributed by atoms with Crippen LogP contribution in [-0.4, -0.2) is 41.2 Å². The summed E-state index contributed by atoms with van der Waals surface area (Å²) in [5.74, 6) is -1.26. The lowest BCUT2D eigenvalue weighted by atomic mass is 10.1. The molecule has 0 aromatic heterocycles. The summed E-state index contributed by atoms with van der Waals surface area (Å²) in [6.45, 7) is 1.99. The fourth-order valence-corrected chi connectivity index (χ4v) is 2.88. The molecule has 0 fully saturated rings. The van der Waals surface area contributed by atoms with Gasteiger partial charge in [-0.15, -0.1) is 0 Å². The van der Waals surface area contributed by atoms with E-state index >= 15 is 0 Å². The Morgan fingerprint density at radius 1 is 1.03 bits per heavy atom. The molecule has 3 rings (SSSR count). The summed E-state index contributed by atoms with van der Waals surface area (Å²) < 4.78 is 5.13. The lowest BCUT2D eigenvalue weighted by molar-refractivity contribution is -0.154. The predicted molar refractivity (Wildman–Crippen MR) is 109 cm³/mol. The van der Waals surface area contributed by atoms with Gasteiger partial charge in [0.2, 0.25) is 5.91 Å². The Bertz CT molecular complexity index is 897. The van der Waals surface area contributed by atoms with Crippen LogP contribution in [0.4, 0.5) is 5.69 Å². The molecule has 7 heteroatoms. The van der Waals surface area contributed by atoms with Gasteiger partial charge < -0.3 is 10.1 Å². The lowest BCUT2D eigenvalue weighted by Gasteiger charge is -2.14. The van der Waals surface area contributed by atoms with Crippen molar-refractivity contribution < 1.29 is 19.1 Å². The summed E-state index contributed by atoms with van der Waals surface area (Å²) in [5.41, 5.74) is 2.46. The van der Waals surface area contributed by atoms with E-state index < -0.39 is 18.0 Å². The molecule has 0 saturated carbocycles. The van der Waals surface area contributed by atoms with Gasteiger partial charge in [0.25, 0.3) is 5.91 Å². The highest BCUT2D eigenvalue weighted by molar-refractivity contribution is 6.02. The molecule has 2 aromatic rings. The molecule has 1 aliphatic rings. The molecular weight excluding hydrogens is 370 g/mol. The van der Waals surface area contributed by atoms with E-state index in [0.29, 0.717) is 18.7 Å². The van der Waals surface area contributed by atoms with Crippen LogP contribution in [0.3, 0.4) is 0 Å². The Kier molecular flexibility index (Phi) is 6.73. The number of carbonyl (C=O) groups excluding carboxylic acids is 3. The Morgan fingerprint density at radius 3 is 2.38 bits per heavy atom. The van der Waals surface area contributed by atoms with E-state index in [-0.39, 0.29) is 18.7 Å². The number of anilines is 1. The number of ether oxygens (including phenoxy) is 1. The van der Waals surface area contributed by atoms with Crippen molar-refractivity contribution in [2.75, 3.05) is 11.9 Å². The second-order valence-corrected chi connectivity index (χ2v) is 6.67. The summed E-state index contributed by atoms with van der Waals surface area (Å²) in [4.78, 5) is 36.4. The van der Waals surface area contributed by atoms with E-state index in [1.165, 1.54) is 11.9 Å². The molecule has 0 saturated heterocycles. The van der Waals surface area contributed by atoms with Crippen molar-refractivity contribution in [3.8, 4) is 0 Å². The van der Waals surface area contributed by atoms with Crippen LogP contribution >= 0.6 is 0 Å². The first-order valence-corrected chi connectivity index (χ1v) is 9.51. The summed E-state index contributed by atoms with van der Waals surface area (Å²) in [5, 5.41) is 8.41. The number of nitrogens with one attached hydrogen (secondary N) is 1. The number of rotatable bonds is 7. The Labute approximate surface area is 169 Å². The van der Waals surface area contributed by atoms with Crippen molar-refractivity contribution in [3.05, 3.63) is 66.2 Å². The van der Waals surface area contributed by atoms with Crippen molar-refractivity contribution in [2.45, 2.75) is 32.3 Å². The standard InChI is InChI=1S/C22H23N3O4/c1-16(22(28)23-18-10-6-3-7-11-18)29-21(27)13-12-20(26)25-15-14-19(24-25)17-8-4-2-5-9-17/h2-11,16H,12-15H2,1H3,(H,23,28)/t16-/m1/s1. The maximum atomic E-state index is 12.3. The molecule has 0 bridgehead atoms. The minimum Gasteiger partial charge on any atom is -0.453 e. The van der Waals surface area contributed by atoms with Crippen molar-refractivity contribution in [1.29, 1.82) is 0 Å². The van der Waals surface area contributed by atoms with E-state index in [2.05, 4.69) is 10.4 Å². The number of benzene rings is 2. The van der Waals surface area contributed by atoms with Gasteiger partial charge in [-0.3, -0.25) is 14.4 Å². The van der Waals surface area contributed by atoms with Gasteiger partial charge in [0.15, 0.2) is 6.10 Å². The number of hydrogen-bond donors (Lipinski definition) is 1. The Morgan fingerprint density at radius 2 is 1.69 bits per heavy atom. The van der Waals surface area contributed by atoms with Gasteiger partial charge in [-0.2, -0.15) is 5.10 Å². The molecule has 1 N–H and O–H groups in total. The molecule has 2 aromatic carbocycles.